The zero-order valence-corrected chi connectivity index (χ0v) is 8.47. The predicted molar refractivity (Wildman–Crippen MR) is 48.3 cm³/mol. The SMILES string of the molecule is Cc1c(C(F)(F)F)n2c(nc1=O)OCCC2. The van der Waals surface area contributed by atoms with Crippen LogP contribution in [0.3, 0.4) is 0 Å². The first-order chi connectivity index (χ1) is 7.41. The minimum absolute atomic E-state index is 0.165. The van der Waals surface area contributed by atoms with Gasteiger partial charge < -0.3 is 4.74 Å². The molecular formula is C9H9F3N2O2. The van der Waals surface area contributed by atoms with Crippen molar-refractivity contribution < 1.29 is 17.9 Å². The first-order valence-corrected chi connectivity index (χ1v) is 4.72. The van der Waals surface area contributed by atoms with Gasteiger partial charge in [-0.25, -0.2) is 0 Å². The molecule has 0 fully saturated rings. The molecular weight excluding hydrogens is 225 g/mol. The van der Waals surface area contributed by atoms with E-state index in [2.05, 4.69) is 4.98 Å². The summed E-state index contributed by atoms with van der Waals surface area (Å²) in [5.41, 5.74) is -2.23. The van der Waals surface area contributed by atoms with Gasteiger partial charge in [-0.1, -0.05) is 0 Å². The number of ether oxygens (including phenoxy) is 1. The van der Waals surface area contributed by atoms with E-state index in [0.29, 0.717) is 6.42 Å². The van der Waals surface area contributed by atoms with Crippen LogP contribution in [0.5, 0.6) is 6.01 Å². The Labute approximate surface area is 88.7 Å². The van der Waals surface area contributed by atoms with Gasteiger partial charge in [0.25, 0.3) is 11.6 Å². The van der Waals surface area contributed by atoms with Crippen molar-refractivity contribution in [2.45, 2.75) is 26.1 Å². The van der Waals surface area contributed by atoms with Crippen molar-refractivity contribution in [2.75, 3.05) is 6.61 Å². The predicted octanol–water partition coefficient (Wildman–Crippen LogP) is 1.35. The molecule has 0 saturated carbocycles. The van der Waals surface area contributed by atoms with Crippen molar-refractivity contribution in [3.05, 3.63) is 21.6 Å². The summed E-state index contributed by atoms with van der Waals surface area (Å²) in [7, 11) is 0. The zero-order valence-electron chi connectivity index (χ0n) is 8.47. The van der Waals surface area contributed by atoms with E-state index < -0.39 is 17.4 Å². The highest BCUT2D eigenvalue weighted by atomic mass is 19.4. The molecule has 0 atom stereocenters. The molecule has 0 unspecified atom stereocenters. The van der Waals surface area contributed by atoms with Crippen LogP contribution in [0.1, 0.15) is 17.7 Å². The lowest BCUT2D eigenvalue weighted by Crippen LogP contribution is -2.30. The molecule has 0 spiro atoms. The molecule has 1 aliphatic rings. The van der Waals surface area contributed by atoms with Crippen LogP contribution in [0, 0.1) is 6.92 Å². The summed E-state index contributed by atoms with van der Waals surface area (Å²) >= 11 is 0. The Balaban J connectivity index is 2.74. The molecule has 2 heterocycles. The van der Waals surface area contributed by atoms with Gasteiger partial charge in [0.1, 0.15) is 5.69 Å². The third-order valence-electron chi connectivity index (χ3n) is 2.40. The Hall–Kier alpha value is -1.53. The van der Waals surface area contributed by atoms with E-state index in [9.17, 15) is 18.0 Å². The largest absolute Gasteiger partial charge is 0.465 e. The Morgan fingerprint density at radius 1 is 1.44 bits per heavy atom. The number of rotatable bonds is 0. The molecule has 7 heteroatoms. The highest BCUT2D eigenvalue weighted by Crippen LogP contribution is 2.33. The Kier molecular flexibility index (Phi) is 2.40. The van der Waals surface area contributed by atoms with E-state index in [1.54, 1.807) is 0 Å². The molecule has 0 aliphatic carbocycles. The monoisotopic (exact) mass is 234 g/mol. The highest BCUT2D eigenvalue weighted by Gasteiger charge is 2.38. The van der Waals surface area contributed by atoms with E-state index in [1.165, 1.54) is 0 Å². The molecule has 1 aromatic heterocycles. The number of hydrogen-bond acceptors (Lipinski definition) is 3. The van der Waals surface area contributed by atoms with Crippen LogP contribution in [0.15, 0.2) is 4.79 Å². The molecule has 4 nitrogen and oxygen atoms in total. The van der Waals surface area contributed by atoms with Crippen LogP contribution in [0.4, 0.5) is 13.2 Å². The summed E-state index contributed by atoms with van der Waals surface area (Å²) in [6.07, 6.45) is -4.10. The van der Waals surface area contributed by atoms with E-state index in [1.807, 2.05) is 0 Å². The average Bonchev–Trinajstić information content (AvgIpc) is 2.17. The number of fused-ring (bicyclic) bond motifs is 1. The van der Waals surface area contributed by atoms with Crippen LogP contribution >= 0.6 is 0 Å². The fraction of sp³-hybridized carbons (Fsp3) is 0.556. The lowest BCUT2D eigenvalue weighted by Gasteiger charge is -2.23. The molecule has 1 aliphatic heterocycles. The van der Waals surface area contributed by atoms with Crippen molar-refractivity contribution in [2.24, 2.45) is 0 Å². The normalized spacial score (nSPS) is 15.5. The maximum atomic E-state index is 12.8. The molecule has 2 rings (SSSR count). The molecule has 0 aromatic carbocycles. The van der Waals surface area contributed by atoms with Crippen LogP contribution < -0.4 is 10.3 Å². The van der Waals surface area contributed by atoms with Crippen molar-refractivity contribution in [1.29, 1.82) is 0 Å². The van der Waals surface area contributed by atoms with Crippen LogP contribution in [0.25, 0.3) is 0 Å². The maximum absolute atomic E-state index is 12.8. The third kappa shape index (κ3) is 1.66. The Bertz CT molecular complexity index is 479. The molecule has 1 aromatic rings. The minimum atomic E-state index is -4.57. The van der Waals surface area contributed by atoms with Gasteiger partial charge in [0.05, 0.1) is 6.61 Å². The van der Waals surface area contributed by atoms with Gasteiger partial charge in [-0.15, -0.1) is 0 Å². The van der Waals surface area contributed by atoms with E-state index in [-0.39, 0.29) is 24.7 Å². The molecule has 0 radical (unpaired) electrons. The van der Waals surface area contributed by atoms with Crippen molar-refractivity contribution in [3.63, 3.8) is 0 Å². The topological polar surface area (TPSA) is 44.1 Å². The van der Waals surface area contributed by atoms with Crippen LogP contribution in [0.2, 0.25) is 0 Å². The number of alkyl halides is 3. The minimum Gasteiger partial charge on any atom is -0.465 e. The van der Waals surface area contributed by atoms with Gasteiger partial charge in [0.15, 0.2) is 0 Å². The summed E-state index contributed by atoms with van der Waals surface area (Å²) in [5, 5.41) is 0. The number of halogens is 3. The van der Waals surface area contributed by atoms with Crippen molar-refractivity contribution >= 4 is 0 Å². The molecule has 0 bridgehead atoms. The van der Waals surface area contributed by atoms with Crippen molar-refractivity contribution in [3.8, 4) is 6.01 Å². The second kappa shape index (κ2) is 3.50. The lowest BCUT2D eigenvalue weighted by molar-refractivity contribution is -0.145. The standard InChI is InChI=1S/C9H9F3N2O2/c1-5-6(9(10,11)12)14-3-2-4-16-8(14)13-7(5)15/h2-4H2,1H3. The van der Waals surface area contributed by atoms with Gasteiger partial charge in [0.2, 0.25) is 0 Å². The fourth-order valence-electron chi connectivity index (χ4n) is 1.70. The third-order valence-corrected chi connectivity index (χ3v) is 2.40. The van der Waals surface area contributed by atoms with Gasteiger partial charge >= 0.3 is 6.18 Å². The van der Waals surface area contributed by atoms with E-state index in [4.69, 9.17) is 4.74 Å². The number of aromatic nitrogens is 2. The summed E-state index contributed by atoms with van der Waals surface area (Å²) in [6, 6.07) is -0.242. The first-order valence-electron chi connectivity index (χ1n) is 4.72. The zero-order chi connectivity index (χ0) is 11.9. The van der Waals surface area contributed by atoms with Gasteiger partial charge in [0, 0.05) is 12.1 Å². The van der Waals surface area contributed by atoms with Gasteiger partial charge in [-0.05, 0) is 13.3 Å². The van der Waals surface area contributed by atoms with E-state index in [0.717, 1.165) is 11.5 Å². The second-order valence-corrected chi connectivity index (χ2v) is 3.52. The molecule has 0 N–H and O–H groups in total. The molecule has 16 heavy (non-hydrogen) atoms. The summed E-state index contributed by atoms with van der Waals surface area (Å²) in [5.74, 6) is 0. The quantitative estimate of drug-likeness (QED) is 0.680. The lowest BCUT2D eigenvalue weighted by atomic mass is 10.2. The highest BCUT2D eigenvalue weighted by molar-refractivity contribution is 5.23. The second-order valence-electron chi connectivity index (χ2n) is 3.52. The summed E-state index contributed by atoms with van der Waals surface area (Å²) in [6.45, 7) is 1.57. The van der Waals surface area contributed by atoms with E-state index >= 15 is 0 Å². The smallest absolute Gasteiger partial charge is 0.432 e. The molecule has 0 saturated heterocycles. The maximum Gasteiger partial charge on any atom is 0.432 e. The van der Waals surface area contributed by atoms with Gasteiger partial charge in [-0.2, -0.15) is 18.2 Å². The number of nitrogens with zero attached hydrogens (tertiary/aromatic N) is 2. The summed E-state index contributed by atoms with van der Waals surface area (Å²) < 4.78 is 44.2. The molecule has 0 amide bonds. The first kappa shape index (κ1) is 11.0. The van der Waals surface area contributed by atoms with Crippen LogP contribution in [-0.2, 0) is 12.7 Å². The average molecular weight is 234 g/mol. The van der Waals surface area contributed by atoms with Gasteiger partial charge in [-0.3, -0.25) is 9.36 Å². The van der Waals surface area contributed by atoms with Crippen molar-refractivity contribution in [1.82, 2.24) is 9.55 Å². The Morgan fingerprint density at radius 3 is 2.75 bits per heavy atom. The Morgan fingerprint density at radius 2 is 2.12 bits per heavy atom. The summed E-state index contributed by atoms with van der Waals surface area (Å²) in [4.78, 5) is 14.7. The van der Waals surface area contributed by atoms with Crippen LogP contribution in [-0.4, -0.2) is 16.2 Å². The molecule has 88 valence electrons. The number of hydrogen-bond donors (Lipinski definition) is 0. The fourth-order valence-corrected chi connectivity index (χ4v) is 1.70.